The highest BCUT2D eigenvalue weighted by atomic mass is 16.5. The van der Waals surface area contributed by atoms with Crippen LogP contribution in [0.5, 0.6) is 11.5 Å². The van der Waals surface area contributed by atoms with Gasteiger partial charge in [-0.15, -0.1) is 0 Å². The molecule has 2 heterocycles. The molecule has 0 bridgehead atoms. The smallest absolute Gasteiger partial charge is 0.161 e. The van der Waals surface area contributed by atoms with Gasteiger partial charge in [0.05, 0.1) is 0 Å². The molecule has 0 aromatic heterocycles. The molecule has 0 fully saturated rings. The Morgan fingerprint density at radius 2 is 0.938 bits per heavy atom. The summed E-state index contributed by atoms with van der Waals surface area (Å²) in [5, 5.41) is 2.27. The van der Waals surface area contributed by atoms with Crippen molar-refractivity contribution in [3.8, 4) is 11.5 Å². The van der Waals surface area contributed by atoms with E-state index in [1.165, 1.54) is 33.6 Å². The molecule has 4 aromatic rings. The summed E-state index contributed by atoms with van der Waals surface area (Å²) in [5.41, 5.74) is 7.33. The summed E-state index contributed by atoms with van der Waals surface area (Å²) < 4.78 is 12.6. The van der Waals surface area contributed by atoms with E-state index in [2.05, 4.69) is 96.4 Å². The normalized spacial score (nSPS) is 15.1. The second-order valence-electron chi connectivity index (χ2n) is 8.82. The number of hydrogen-bond acceptors (Lipinski definition) is 4. The van der Waals surface area contributed by atoms with E-state index in [0.717, 1.165) is 35.4 Å². The number of fused-ring (bicyclic) bond motifs is 5. The fourth-order valence-corrected chi connectivity index (χ4v) is 4.66. The van der Waals surface area contributed by atoms with E-state index in [1.807, 2.05) is 0 Å². The average Bonchev–Trinajstić information content (AvgIpc) is 2.84. The van der Waals surface area contributed by atoms with Gasteiger partial charge in [0.15, 0.2) is 13.5 Å². The zero-order chi connectivity index (χ0) is 21.7. The zero-order valence-corrected chi connectivity index (χ0v) is 18.5. The maximum Gasteiger partial charge on any atom is 0.161 e. The van der Waals surface area contributed by atoms with Gasteiger partial charge in [0, 0.05) is 46.4 Å². The van der Waals surface area contributed by atoms with E-state index in [9.17, 15) is 0 Å². The molecule has 6 rings (SSSR count). The largest absolute Gasteiger partial charge is 0.472 e. The molecule has 0 aliphatic carbocycles. The van der Waals surface area contributed by atoms with E-state index >= 15 is 0 Å². The standard InChI is InChI=1S/C28H26N2O2/c1-19-3-9-23(10-4-19)29-15-21-7-13-26-25(27(21)31-17-29)14-8-22-16-30(18-32-28(22)26)24-11-5-20(2)6-12-24/h3-14H,15-18H2,1-2H3. The van der Waals surface area contributed by atoms with Crippen molar-refractivity contribution in [2.75, 3.05) is 23.3 Å². The van der Waals surface area contributed by atoms with Gasteiger partial charge in [-0.05, 0) is 38.1 Å². The lowest BCUT2D eigenvalue weighted by molar-refractivity contribution is 0.289. The van der Waals surface area contributed by atoms with Gasteiger partial charge >= 0.3 is 0 Å². The fourth-order valence-electron chi connectivity index (χ4n) is 4.66. The van der Waals surface area contributed by atoms with Crippen LogP contribution in [0.25, 0.3) is 10.8 Å². The van der Waals surface area contributed by atoms with E-state index in [4.69, 9.17) is 9.47 Å². The quantitative estimate of drug-likeness (QED) is 0.386. The third-order valence-electron chi connectivity index (χ3n) is 6.52. The van der Waals surface area contributed by atoms with Crippen molar-refractivity contribution in [1.29, 1.82) is 0 Å². The number of aryl methyl sites for hydroxylation is 2. The lowest BCUT2D eigenvalue weighted by Crippen LogP contribution is -2.32. The summed E-state index contributed by atoms with van der Waals surface area (Å²) in [7, 11) is 0. The molecule has 2 aliphatic heterocycles. The minimum Gasteiger partial charge on any atom is -0.472 e. The summed E-state index contributed by atoms with van der Waals surface area (Å²) in [5.74, 6) is 1.97. The molecule has 0 N–H and O–H groups in total. The Morgan fingerprint density at radius 3 is 1.34 bits per heavy atom. The maximum atomic E-state index is 6.29. The van der Waals surface area contributed by atoms with Crippen LogP contribution in [0.4, 0.5) is 11.4 Å². The van der Waals surface area contributed by atoms with Gasteiger partial charge in [-0.2, -0.15) is 0 Å². The van der Waals surface area contributed by atoms with Crippen molar-refractivity contribution in [2.45, 2.75) is 26.9 Å². The molecule has 0 saturated heterocycles. The van der Waals surface area contributed by atoms with Gasteiger partial charge in [0.25, 0.3) is 0 Å². The van der Waals surface area contributed by atoms with Crippen molar-refractivity contribution in [3.05, 3.63) is 95.1 Å². The second-order valence-corrected chi connectivity index (χ2v) is 8.82. The van der Waals surface area contributed by atoms with Crippen molar-refractivity contribution >= 4 is 22.1 Å². The van der Waals surface area contributed by atoms with Gasteiger partial charge in [0.2, 0.25) is 0 Å². The number of hydrogen-bond donors (Lipinski definition) is 0. The molecule has 0 spiro atoms. The fraction of sp³-hybridized carbons (Fsp3) is 0.214. The van der Waals surface area contributed by atoms with E-state index < -0.39 is 0 Å². The molecule has 0 amide bonds. The van der Waals surface area contributed by atoms with E-state index in [-0.39, 0.29) is 0 Å². The minimum absolute atomic E-state index is 0.550. The summed E-state index contributed by atoms with van der Waals surface area (Å²) in [6.45, 7) is 7.00. The lowest BCUT2D eigenvalue weighted by atomic mass is 9.99. The maximum absolute atomic E-state index is 6.29. The van der Waals surface area contributed by atoms with Gasteiger partial charge in [-0.3, -0.25) is 0 Å². The first-order valence-corrected chi connectivity index (χ1v) is 11.1. The molecule has 2 aliphatic rings. The van der Waals surface area contributed by atoms with Crippen LogP contribution in [0.15, 0.2) is 72.8 Å². The van der Waals surface area contributed by atoms with Gasteiger partial charge < -0.3 is 19.3 Å². The van der Waals surface area contributed by atoms with Crippen LogP contribution < -0.4 is 19.3 Å². The lowest BCUT2D eigenvalue weighted by Gasteiger charge is -2.33. The predicted octanol–water partition coefficient (Wildman–Crippen LogP) is 6.17. The number of nitrogens with zero attached hydrogens (tertiary/aromatic N) is 2. The summed E-state index contributed by atoms with van der Waals surface area (Å²) in [6.07, 6.45) is 0. The predicted molar refractivity (Wildman–Crippen MR) is 130 cm³/mol. The summed E-state index contributed by atoms with van der Waals surface area (Å²) >= 11 is 0. The average molecular weight is 423 g/mol. The van der Waals surface area contributed by atoms with Crippen molar-refractivity contribution in [2.24, 2.45) is 0 Å². The van der Waals surface area contributed by atoms with Crippen molar-refractivity contribution in [1.82, 2.24) is 0 Å². The van der Waals surface area contributed by atoms with Gasteiger partial charge in [-0.1, -0.05) is 59.7 Å². The highest BCUT2D eigenvalue weighted by Crippen LogP contribution is 2.41. The van der Waals surface area contributed by atoms with Gasteiger partial charge in [-0.25, -0.2) is 0 Å². The highest BCUT2D eigenvalue weighted by Gasteiger charge is 2.24. The molecule has 4 aromatic carbocycles. The molecular formula is C28H26N2O2. The molecule has 0 saturated carbocycles. The number of rotatable bonds is 2. The van der Waals surface area contributed by atoms with Crippen LogP contribution in [-0.2, 0) is 13.1 Å². The SMILES string of the molecule is Cc1ccc(N2COc3c(ccc4c5c(ccc34)CN(c3ccc(C)cc3)CO5)C2)cc1. The second kappa shape index (κ2) is 7.49. The zero-order valence-electron chi connectivity index (χ0n) is 18.5. The Labute approximate surface area is 188 Å². The molecule has 160 valence electrons. The first kappa shape index (κ1) is 19.1. The van der Waals surface area contributed by atoms with Crippen molar-refractivity contribution in [3.63, 3.8) is 0 Å². The first-order valence-electron chi connectivity index (χ1n) is 11.1. The Kier molecular flexibility index (Phi) is 4.46. The van der Waals surface area contributed by atoms with Crippen LogP contribution in [0.2, 0.25) is 0 Å². The van der Waals surface area contributed by atoms with Crippen LogP contribution >= 0.6 is 0 Å². The molecule has 0 atom stereocenters. The van der Waals surface area contributed by atoms with Crippen LogP contribution in [0, 0.1) is 13.8 Å². The minimum atomic E-state index is 0.550. The third-order valence-corrected chi connectivity index (χ3v) is 6.52. The Morgan fingerprint density at radius 1 is 0.531 bits per heavy atom. The Balaban J connectivity index is 1.31. The summed E-state index contributed by atoms with van der Waals surface area (Å²) in [6, 6.07) is 26.0. The Bertz CT molecular complexity index is 1190. The third kappa shape index (κ3) is 3.23. The molecular weight excluding hydrogens is 396 g/mol. The van der Waals surface area contributed by atoms with Crippen LogP contribution in [0.1, 0.15) is 22.3 Å². The molecule has 32 heavy (non-hydrogen) atoms. The molecule has 0 unspecified atom stereocenters. The van der Waals surface area contributed by atoms with Gasteiger partial charge in [0.1, 0.15) is 11.5 Å². The van der Waals surface area contributed by atoms with Crippen LogP contribution in [-0.4, -0.2) is 13.5 Å². The molecule has 4 heteroatoms. The van der Waals surface area contributed by atoms with Crippen LogP contribution in [0.3, 0.4) is 0 Å². The molecule has 0 radical (unpaired) electrons. The number of anilines is 2. The number of ether oxygens (including phenoxy) is 2. The Hall–Kier alpha value is -3.66. The summed E-state index contributed by atoms with van der Waals surface area (Å²) in [4.78, 5) is 4.53. The molecule has 4 nitrogen and oxygen atoms in total. The highest BCUT2D eigenvalue weighted by molar-refractivity contribution is 5.95. The van der Waals surface area contributed by atoms with Crippen molar-refractivity contribution < 1.29 is 9.47 Å². The number of benzene rings is 4. The van der Waals surface area contributed by atoms with E-state index in [0.29, 0.717) is 13.5 Å². The first-order chi connectivity index (χ1) is 15.7. The monoisotopic (exact) mass is 422 g/mol. The van der Waals surface area contributed by atoms with E-state index in [1.54, 1.807) is 0 Å². The topological polar surface area (TPSA) is 24.9 Å².